The van der Waals surface area contributed by atoms with Gasteiger partial charge in [0.05, 0.1) is 22.6 Å². The second-order valence-corrected chi connectivity index (χ2v) is 19.3. The van der Waals surface area contributed by atoms with Crippen LogP contribution in [-0.4, -0.2) is 46.3 Å². The van der Waals surface area contributed by atoms with Crippen LogP contribution in [0, 0.1) is 11.3 Å². The molecule has 3 heterocycles. The molecule has 8 nitrogen and oxygen atoms in total. The predicted octanol–water partition coefficient (Wildman–Crippen LogP) is 7.12. The van der Waals surface area contributed by atoms with Crippen LogP contribution in [0.2, 0.25) is 25.7 Å². The Morgan fingerprint density at radius 2 is 1.90 bits per heavy atom. The topological polar surface area (TPSA) is 102 Å². The van der Waals surface area contributed by atoms with Gasteiger partial charge in [0.25, 0.3) is 5.91 Å². The summed E-state index contributed by atoms with van der Waals surface area (Å²) >= 11 is 0. The van der Waals surface area contributed by atoms with Gasteiger partial charge in [-0.1, -0.05) is 25.7 Å². The van der Waals surface area contributed by atoms with E-state index in [2.05, 4.69) is 63.7 Å². The second-order valence-electron chi connectivity index (χ2n) is 13.7. The van der Waals surface area contributed by atoms with Crippen LogP contribution < -0.4 is 5.32 Å². The molecule has 0 spiro atoms. The number of allylic oxidation sites excluding steroid dienone is 2. The average Bonchev–Trinajstić information content (AvgIpc) is 3.28. The fourth-order valence-electron chi connectivity index (χ4n) is 5.87. The number of nitrogens with zero attached hydrogens (tertiary/aromatic N) is 4. The third-order valence-corrected chi connectivity index (χ3v) is 9.23. The first-order valence-electron chi connectivity index (χ1n) is 14.5. The van der Waals surface area contributed by atoms with Crippen molar-refractivity contribution in [3.63, 3.8) is 0 Å². The Balaban J connectivity index is 1.60. The Kier molecular flexibility index (Phi) is 9.03. The van der Waals surface area contributed by atoms with E-state index in [4.69, 9.17) is 14.5 Å². The number of nitriles is 1. The van der Waals surface area contributed by atoms with Crippen molar-refractivity contribution in [2.75, 3.05) is 11.9 Å². The first-order valence-corrected chi connectivity index (χ1v) is 18.2. The van der Waals surface area contributed by atoms with E-state index < -0.39 is 8.07 Å². The van der Waals surface area contributed by atoms with Gasteiger partial charge in [-0.25, -0.2) is 4.98 Å². The summed E-state index contributed by atoms with van der Waals surface area (Å²) in [6.07, 6.45) is 9.82. The van der Waals surface area contributed by atoms with Gasteiger partial charge in [0.1, 0.15) is 12.8 Å². The van der Waals surface area contributed by atoms with Gasteiger partial charge >= 0.3 is 0 Å². The number of aromatic nitrogens is 3. The number of hydrogen-bond acceptors (Lipinski definition) is 6. The molecule has 1 aliphatic carbocycles. The number of carbonyl (C=O) groups excluding carboxylic acids is 1. The summed E-state index contributed by atoms with van der Waals surface area (Å²) in [5.74, 6) is 0.0396. The highest BCUT2D eigenvalue weighted by Crippen LogP contribution is 2.43. The van der Waals surface area contributed by atoms with Crippen LogP contribution >= 0.6 is 0 Å². The summed E-state index contributed by atoms with van der Waals surface area (Å²) < 4.78 is 13.8. The lowest BCUT2D eigenvalue weighted by Gasteiger charge is -2.45. The average molecular weight is 564 g/mol. The Hall–Kier alpha value is -2.80. The van der Waals surface area contributed by atoms with Crippen LogP contribution in [0.25, 0.3) is 5.57 Å². The summed E-state index contributed by atoms with van der Waals surface area (Å²) in [4.78, 5) is 23.0. The smallest absolute Gasteiger partial charge is 0.291 e. The third kappa shape index (κ3) is 7.90. The van der Waals surface area contributed by atoms with Gasteiger partial charge in [-0.15, -0.1) is 0 Å². The minimum atomic E-state index is -1.24. The van der Waals surface area contributed by atoms with Crippen molar-refractivity contribution < 1.29 is 14.3 Å². The van der Waals surface area contributed by atoms with Crippen molar-refractivity contribution in [3.05, 3.63) is 47.3 Å². The van der Waals surface area contributed by atoms with Crippen LogP contribution in [0.4, 0.5) is 5.69 Å². The molecule has 0 radical (unpaired) electrons. The van der Waals surface area contributed by atoms with Gasteiger partial charge in [-0.3, -0.25) is 9.78 Å². The molecule has 1 saturated heterocycles. The lowest BCUT2D eigenvalue weighted by Crippen LogP contribution is -2.44. The Bertz CT molecular complexity index is 1280. The van der Waals surface area contributed by atoms with E-state index in [9.17, 15) is 10.1 Å². The molecule has 2 aromatic heterocycles. The SMILES string of the molecule is CC1(C)CC(c2ccc(NC(=O)c3nc(C#N)cn3COCC[Si](C)(C)C)c(C3=CCCCC3)n2)CC(C)(C)O1. The van der Waals surface area contributed by atoms with E-state index in [1.165, 1.54) is 12.0 Å². The van der Waals surface area contributed by atoms with E-state index in [1.807, 2.05) is 18.2 Å². The minimum absolute atomic E-state index is 0.158. The lowest BCUT2D eigenvalue weighted by atomic mass is 9.79. The number of pyridine rings is 1. The molecule has 2 aliphatic rings. The molecule has 1 aliphatic heterocycles. The quantitative estimate of drug-likeness (QED) is 0.257. The molecule has 0 unspecified atom stereocenters. The van der Waals surface area contributed by atoms with Crippen LogP contribution in [0.1, 0.15) is 99.8 Å². The Morgan fingerprint density at radius 1 is 1.18 bits per heavy atom. The molecule has 1 fully saturated rings. The first kappa shape index (κ1) is 30.2. The van der Waals surface area contributed by atoms with Gasteiger partial charge in [-0.2, -0.15) is 5.26 Å². The van der Waals surface area contributed by atoms with Crippen molar-refractivity contribution in [1.82, 2.24) is 14.5 Å². The van der Waals surface area contributed by atoms with Gasteiger partial charge in [-0.05, 0) is 90.0 Å². The highest BCUT2D eigenvalue weighted by atomic mass is 28.3. The Morgan fingerprint density at radius 3 is 2.52 bits per heavy atom. The van der Waals surface area contributed by atoms with E-state index in [0.717, 1.165) is 49.5 Å². The maximum atomic E-state index is 13.5. The second kappa shape index (κ2) is 12.0. The maximum Gasteiger partial charge on any atom is 0.291 e. The summed E-state index contributed by atoms with van der Waals surface area (Å²) in [5.41, 5.74) is 3.42. The highest BCUT2D eigenvalue weighted by Gasteiger charge is 2.40. The van der Waals surface area contributed by atoms with Crippen LogP contribution in [0.15, 0.2) is 24.4 Å². The predicted molar refractivity (Wildman–Crippen MR) is 161 cm³/mol. The van der Waals surface area contributed by atoms with Gasteiger partial charge in [0.2, 0.25) is 5.82 Å². The zero-order chi connectivity index (χ0) is 29.1. The van der Waals surface area contributed by atoms with Gasteiger partial charge in [0.15, 0.2) is 5.69 Å². The van der Waals surface area contributed by atoms with Crippen LogP contribution in [-0.2, 0) is 16.2 Å². The van der Waals surface area contributed by atoms with E-state index >= 15 is 0 Å². The number of hydrogen-bond donors (Lipinski definition) is 1. The summed E-state index contributed by atoms with van der Waals surface area (Å²) in [6.45, 7) is 16.2. The third-order valence-electron chi connectivity index (χ3n) is 7.53. The van der Waals surface area contributed by atoms with Crippen LogP contribution in [0.3, 0.4) is 0 Å². The standard InChI is InChI=1S/C31H45N5O3Si/c1-30(2)17-23(18-31(3,4)39-30)25-13-14-26(27(34-25)22-11-9-8-10-12-22)35-29(37)28-33-24(19-32)20-36(28)21-38-15-16-40(5,6)7/h11,13-14,20,23H,8-10,12,15-18,21H2,1-7H3,(H,35,37). The molecular formula is C31H45N5O3Si. The number of anilines is 1. The molecule has 40 heavy (non-hydrogen) atoms. The molecular weight excluding hydrogens is 518 g/mol. The van der Waals surface area contributed by atoms with Crippen LogP contribution in [0.5, 0.6) is 0 Å². The fraction of sp³-hybridized carbons (Fsp3) is 0.613. The molecule has 1 N–H and O–H groups in total. The molecule has 0 atom stereocenters. The normalized spacial score (nSPS) is 19.1. The molecule has 216 valence electrons. The number of ether oxygens (including phenoxy) is 2. The van der Waals surface area contributed by atoms with Gasteiger partial charge in [0, 0.05) is 32.5 Å². The van der Waals surface area contributed by atoms with Crippen molar-refractivity contribution in [2.24, 2.45) is 0 Å². The largest absolute Gasteiger partial charge is 0.370 e. The number of amides is 1. The van der Waals surface area contributed by atoms with Crippen molar-refractivity contribution in [2.45, 2.75) is 116 Å². The number of nitrogens with one attached hydrogen (secondary N) is 1. The summed E-state index contributed by atoms with van der Waals surface area (Å²) in [7, 11) is -1.24. The minimum Gasteiger partial charge on any atom is -0.370 e. The summed E-state index contributed by atoms with van der Waals surface area (Å²) in [6, 6.07) is 7.08. The fourth-order valence-corrected chi connectivity index (χ4v) is 6.63. The molecule has 4 rings (SSSR count). The Labute approximate surface area is 240 Å². The maximum absolute atomic E-state index is 13.5. The monoisotopic (exact) mass is 563 g/mol. The van der Waals surface area contributed by atoms with E-state index in [-0.39, 0.29) is 41.3 Å². The molecule has 1 amide bonds. The number of rotatable bonds is 9. The lowest BCUT2D eigenvalue weighted by molar-refractivity contribution is -0.162. The molecule has 0 saturated carbocycles. The molecule has 9 heteroatoms. The molecule has 0 aromatic carbocycles. The van der Waals surface area contributed by atoms with Crippen molar-refractivity contribution >= 4 is 25.2 Å². The van der Waals surface area contributed by atoms with E-state index in [0.29, 0.717) is 12.3 Å². The van der Waals surface area contributed by atoms with E-state index in [1.54, 1.807) is 10.8 Å². The first-order chi connectivity index (χ1) is 18.8. The molecule has 0 bridgehead atoms. The number of carbonyl (C=O) groups is 1. The van der Waals surface area contributed by atoms with Gasteiger partial charge < -0.3 is 19.4 Å². The van der Waals surface area contributed by atoms with Crippen molar-refractivity contribution in [3.8, 4) is 6.07 Å². The summed E-state index contributed by atoms with van der Waals surface area (Å²) in [5, 5.41) is 12.5. The zero-order valence-corrected chi connectivity index (χ0v) is 26.3. The highest BCUT2D eigenvalue weighted by molar-refractivity contribution is 6.76. The zero-order valence-electron chi connectivity index (χ0n) is 25.3. The van der Waals surface area contributed by atoms with Crippen molar-refractivity contribution in [1.29, 1.82) is 5.26 Å². The molecule has 2 aromatic rings. The number of imidazole rings is 1.